The first-order valence-electron chi connectivity index (χ1n) is 5.81. The monoisotopic (exact) mass is 248 g/mol. The van der Waals surface area contributed by atoms with E-state index >= 15 is 0 Å². The normalized spacial score (nSPS) is 38.6. The van der Waals surface area contributed by atoms with Crippen molar-refractivity contribution in [3.05, 3.63) is 0 Å². The molecule has 94 valence electrons. The molecule has 2 fully saturated rings. The Morgan fingerprint density at radius 1 is 1.44 bits per heavy atom. The van der Waals surface area contributed by atoms with Gasteiger partial charge in [0.15, 0.2) is 0 Å². The van der Waals surface area contributed by atoms with Crippen LogP contribution >= 0.6 is 12.4 Å². The minimum Gasteiger partial charge on any atom is -0.392 e. The van der Waals surface area contributed by atoms with Crippen LogP contribution in [0.15, 0.2) is 0 Å². The largest absolute Gasteiger partial charge is 0.392 e. The van der Waals surface area contributed by atoms with Gasteiger partial charge in [-0.25, -0.2) is 0 Å². The first-order valence-corrected chi connectivity index (χ1v) is 5.81. The molecule has 4 nitrogen and oxygen atoms in total. The standard InChI is InChI=1S/C11H20N2O2.ClH/c1-7-3-4-13(8(7)2)11(15)10-5-9(14)6-12-10;/h7-10,12,14H,3-6H2,1-2H3;1H/t7?,8?,9-,10-;/m1./s1. The maximum absolute atomic E-state index is 12.1. The van der Waals surface area contributed by atoms with E-state index in [4.69, 9.17) is 0 Å². The van der Waals surface area contributed by atoms with Crippen LogP contribution in [-0.4, -0.2) is 47.2 Å². The summed E-state index contributed by atoms with van der Waals surface area (Å²) in [5.74, 6) is 0.767. The zero-order valence-corrected chi connectivity index (χ0v) is 10.7. The topological polar surface area (TPSA) is 52.6 Å². The summed E-state index contributed by atoms with van der Waals surface area (Å²) in [5, 5.41) is 12.5. The van der Waals surface area contributed by atoms with Crippen LogP contribution in [0.2, 0.25) is 0 Å². The van der Waals surface area contributed by atoms with Crippen LogP contribution in [-0.2, 0) is 4.79 Å². The number of amides is 1. The van der Waals surface area contributed by atoms with E-state index in [1.54, 1.807) is 0 Å². The Kier molecular flexibility index (Phi) is 4.59. The number of hydrogen-bond acceptors (Lipinski definition) is 3. The van der Waals surface area contributed by atoms with E-state index < -0.39 is 0 Å². The van der Waals surface area contributed by atoms with E-state index in [2.05, 4.69) is 19.2 Å². The molecule has 0 radical (unpaired) electrons. The van der Waals surface area contributed by atoms with Crippen molar-refractivity contribution in [2.75, 3.05) is 13.1 Å². The van der Waals surface area contributed by atoms with Gasteiger partial charge in [0, 0.05) is 19.1 Å². The number of nitrogens with one attached hydrogen (secondary N) is 1. The van der Waals surface area contributed by atoms with Crippen molar-refractivity contribution in [2.24, 2.45) is 5.92 Å². The Labute approximate surface area is 103 Å². The average Bonchev–Trinajstić information content (AvgIpc) is 2.75. The number of halogens is 1. The van der Waals surface area contributed by atoms with Gasteiger partial charge < -0.3 is 15.3 Å². The predicted octanol–water partition coefficient (Wildman–Crippen LogP) is 0.388. The lowest BCUT2D eigenvalue weighted by Gasteiger charge is -2.26. The van der Waals surface area contributed by atoms with Crippen molar-refractivity contribution < 1.29 is 9.90 Å². The SMILES string of the molecule is CC1CCN(C(=O)[C@H]2C[C@@H](O)CN2)C1C.Cl. The highest BCUT2D eigenvalue weighted by Gasteiger charge is 2.37. The summed E-state index contributed by atoms with van der Waals surface area (Å²) >= 11 is 0. The Balaban J connectivity index is 0.00000128. The van der Waals surface area contributed by atoms with Crippen LogP contribution in [0.5, 0.6) is 0 Å². The number of aliphatic hydroxyl groups is 1. The van der Waals surface area contributed by atoms with Crippen LogP contribution in [0.3, 0.4) is 0 Å². The van der Waals surface area contributed by atoms with Crippen molar-refractivity contribution in [2.45, 2.75) is 44.9 Å². The molecule has 5 heteroatoms. The third-order valence-corrected chi connectivity index (χ3v) is 3.83. The molecule has 2 rings (SSSR count). The van der Waals surface area contributed by atoms with Gasteiger partial charge in [-0.05, 0) is 25.7 Å². The molecule has 1 amide bonds. The lowest BCUT2D eigenvalue weighted by molar-refractivity contribution is -0.134. The molecule has 2 unspecified atom stereocenters. The molecular formula is C11H21ClN2O2. The number of rotatable bonds is 1. The lowest BCUT2D eigenvalue weighted by atomic mass is 10.0. The minimum absolute atomic E-state index is 0. The second-order valence-electron chi connectivity index (χ2n) is 4.89. The molecule has 16 heavy (non-hydrogen) atoms. The highest BCUT2D eigenvalue weighted by Crippen LogP contribution is 2.25. The molecule has 2 aliphatic heterocycles. The molecule has 2 saturated heterocycles. The molecule has 0 bridgehead atoms. The molecule has 0 aromatic heterocycles. The van der Waals surface area contributed by atoms with Crippen molar-refractivity contribution in [1.29, 1.82) is 0 Å². The zero-order valence-electron chi connectivity index (χ0n) is 9.85. The lowest BCUT2D eigenvalue weighted by Crippen LogP contribution is -2.45. The summed E-state index contributed by atoms with van der Waals surface area (Å²) < 4.78 is 0. The summed E-state index contributed by atoms with van der Waals surface area (Å²) in [6.07, 6.45) is 1.31. The van der Waals surface area contributed by atoms with E-state index in [9.17, 15) is 9.90 Å². The maximum Gasteiger partial charge on any atom is 0.240 e. The Bertz CT molecular complexity index is 262. The molecule has 2 heterocycles. The van der Waals surface area contributed by atoms with Gasteiger partial charge in [0.25, 0.3) is 0 Å². The molecular weight excluding hydrogens is 228 g/mol. The maximum atomic E-state index is 12.1. The van der Waals surface area contributed by atoms with Crippen LogP contribution in [0, 0.1) is 5.92 Å². The van der Waals surface area contributed by atoms with E-state index in [0.29, 0.717) is 24.9 Å². The minimum atomic E-state index is -0.353. The number of carbonyl (C=O) groups excluding carboxylic acids is 1. The van der Waals surface area contributed by atoms with E-state index in [1.165, 1.54) is 0 Å². The third kappa shape index (κ3) is 2.50. The van der Waals surface area contributed by atoms with E-state index in [-0.39, 0.29) is 30.5 Å². The number of likely N-dealkylation sites (tertiary alicyclic amines) is 1. The fourth-order valence-corrected chi connectivity index (χ4v) is 2.51. The van der Waals surface area contributed by atoms with Crippen LogP contribution in [0.4, 0.5) is 0 Å². The fourth-order valence-electron chi connectivity index (χ4n) is 2.51. The summed E-state index contributed by atoms with van der Waals surface area (Å²) in [7, 11) is 0. The quantitative estimate of drug-likeness (QED) is 0.706. The van der Waals surface area contributed by atoms with Crippen molar-refractivity contribution in [3.63, 3.8) is 0 Å². The molecule has 0 saturated carbocycles. The van der Waals surface area contributed by atoms with Crippen LogP contribution in [0.1, 0.15) is 26.7 Å². The van der Waals surface area contributed by atoms with Crippen molar-refractivity contribution in [1.82, 2.24) is 10.2 Å². The van der Waals surface area contributed by atoms with Gasteiger partial charge in [-0.1, -0.05) is 6.92 Å². The van der Waals surface area contributed by atoms with Gasteiger partial charge in [0.1, 0.15) is 0 Å². The second-order valence-corrected chi connectivity index (χ2v) is 4.89. The summed E-state index contributed by atoms with van der Waals surface area (Å²) in [6, 6.07) is 0.185. The summed E-state index contributed by atoms with van der Waals surface area (Å²) in [6.45, 7) is 5.72. The number of hydrogen-bond donors (Lipinski definition) is 2. The molecule has 4 atom stereocenters. The average molecular weight is 249 g/mol. The molecule has 2 aliphatic rings. The van der Waals surface area contributed by atoms with Gasteiger partial charge in [-0.3, -0.25) is 4.79 Å². The number of nitrogens with zero attached hydrogens (tertiary/aromatic N) is 1. The van der Waals surface area contributed by atoms with E-state index in [1.807, 2.05) is 4.90 Å². The molecule has 2 N–H and O–H groups in total. The van der Waals surface area contributed by atoms with Crippen LogP contribution in [0.25, 0.3) is 0 Å². The molecule has 0 aromatic rings. The number of β-amino-alcohol motifs (C(OH)–C–C–N with tert-alkyl or cyclic N) is 1. The third-order valence-electron chi connectivity index (χ3n) is 3.83. The summed E-state index contributed by atoms with van der Waals surface area (Å²) in [4.78, 5) is 14.1. The van der Waals surface area contributed by atoms with E-state index in [0.717, 1.165) is 13.0 Å². The highest BCUT2D eigenvalue weighted by molar-refractivity contribution is 5.85. The van der Waals surface area contributed by atoms with Gasteiger partial charge in [-0.2, -0.15) is 0 Å². The first-order chi connectivity index (χ1) is 7.09. The smallest absolute Gasteiger partial charge is 0.240 e. The van der Waals surface area contributed by atoms with Crippen LogP contribution < -0.4 is 5.32 Å². The Morgan fingerprint density at radius 2 is 2.12 bits per heavy atom. The summed E-state index contributed by atoms with van der Waals surface area (Å²) in [5.41, 5.74) is 0. The highest BCUT2D eigenvalue weighted by atomic mass is 35.5. The number of aliphatic hydroxyl groups excluding tert-OH is 1. The second kappa shape index (κ2) is 5.34. The van der Waals surface area contributed by atoms with Gasteiger partial charge in [-0.15, -0.1) is 12.4 Å². The number of carbonyl (C=O) groups is 1. The van der Waals surface area contributed by atoms with Gasteiger partial charge in [0.05, 0.1) is 12.1 Å². The Morgan fingerprint density at radius 3 is 2.56 bits per heavy atom. The van der Waals surface area contributed by atoms with Crippen molar-refractivity contribution >= 4 is 18.3 Å². The fraction of sp³-hybridized carbons (Fsp3) is 0.909. The predicted molar refractivity (Wildman–Crippen MR) is 64.6 cm³/mol. The van der Waals surface area contributed by atoms with Gasteiger partial charge >= 0.3 is 0 Å². The van der Waals surface area contributed by atoms with Gasteiger partial charge in [0.2, 0.25) is 5.91 Å². The molecule has 0 spiro atoms. The van der Waals surface area contributed by atoms with Crippen molar-refractivity contribution in [3.8, 4) is 0 Å². The zero-order chi connectivity index (χ0) is 11.0. The Hall–Kier alpha value is -0.320. The first kappa shape index (κ1) is 13.7. The molecule has 0 aromatic carbocycles. The molecule has 0 aliphatic carbocycles.